The molecule has 0 saturated heterocycles. The van der Waals surface area contributed by atoms with Crippen molar-refractivity contribution in [1.82, 2.24) is 20.0 Å². The van der Waals surface area contributed by atoms with Crippen LogP contribution in [0.1, 0.15) is 37.9 Å². The van der Waals surface area contributed by atoms with Crippen molar-refractivity contribution in [3.8, 4) is 0 Å². The standard InChI is InChI=1S/C22H31N5O2/c1-4-25(16-19-9-6-5-7-10-19)13-8-12-23-22(29)18(3)27-20-15-17(2)24-26(20)14-11-21(27)28/h5-7,9-10,15,18H,4,8,11-14,16H2,1-3H3,(H,23,29)/t18-/m1/s1. The first-order valence-corrected chi connectivity index (χ1v) is 10.4. The number of aromatic nitrogens is 2. The molecule has 0 bridgehead atoms. The van der Waals surface area contributed by atoms with Crippen molar-refractivity contribution in [2.75, 3.05) is 24.5 Å². The zero-order valence-electron chi connectivity index (χ0n) is 17.6. The summed E-state index contributed by atoms with van der Waals surface area (Å²) in [6, 6.07) is 11.7. The lowest BCUT2D eigenvalue weighted by Gasteiger charge is -2.32. The average Bonchev–Trinajstić information content (AvgIpc) is 3.10. The second kappa shape index (κ2) is 9.69. The number of carbonyl (C=O) groups is 2. The van der Waals surface area contributed by atoms with Crippen LogP contribution in [0, 0.1) is 6.92 Å². The highest BCUT2D eigenvalue weighted by atomic mass is 16.2. The van der Waals surface area contributed by atoms with Gasteiger partial charge in [-0.15, -0.1) is 0 Å². The maximum Gasteiger partial charge on any atom is 0.242 e. The Morgan fingerprint density at radius 2 is 2.07 bits per heavy atom. The first-order chi connectivity index (χ1) is 14.0. The van der Waals surface area contributed by atoms with E-state index in [1.807, 2.05) is 23.7 Å². The summed E-state index contributed by atoms with van der Waals surface area (Å²) in [5.41, 5.74) is 2.15. The van der Waals surface area contributed by atoms with Gasteiger partial charge in [0.1, 0.15) is 11.9 Å². The lowest BCUT2D eigenvalue weighted by atomic mass is 10.2. The van der Waals surface area contributed by atoms with Gasteiger partial charge in [0.25, 0.3) is 0 Å². The topological polar surface area (TPSA) is 70.5 Å². The van der Waals surface area contributed by atoms with E-state index in [4.69, 9.17) is 0 Å². The maximum absolute atomic E-state index is 12.7. The summed E-state index contributed by atoms with van der Waals surface area (Å²) in [5, 5.41) is 7.39. The third-order valence-electron chi connectivity index (χ3n) is 5.35. The highest BCUT2D eigenvalue weighted by Gasteiger charge is 2.32. The fraction of sp³-hybridized carbons (Fsp3) is 0.500. The van der Waals surface area contributed by atoms with Crippen LogP contribution >= 0.6 is 0 Å². The quantitative estimate of drug-likeness (QED) is 0.660. The van der Waals surface area contributed by atoms with Crippen LogP contribution in [0.5, 0.6) is 0 Å². The molecule has 7 heteroatoms. The normalized spacial score (nSPS) is 14.8. The molecule has 2 aromatic rings. The van der Waals surface area contributed by atoms with E-state index in [0.717, 1.165) is 31.7 Å². The second-order valence-corrected chi connectivity index (χ2v) is 7.56. The molecule has 1 atom stereocenters. The van der Waals surface area contributed by atoms with Crippen molar-refractivity contribution in [2.24, 2.45) is 0 Å². The summed E-state index contributed by atoms with van der Waals surface area (Å²) in [7, 11) is 0. The van der Waals surface area contributed by atoms with Crippen molar-refractivity contribution in [2.45, 2.75) is 52.7 Å². The van der Waals surface area contributed by atoms with E-state index in [2.05, 4.69) is 46.5 Å². The molecular weight excluding hydrogens is 366 g/mol. The molecule has 0 aliphatic carbocycles. The molecule has 1 aliphatic heterocycles. The fourth-order valence-corrected chi connectivity index (χ4v) is 3.72. The second-order valence-electron chi connectivity index (χ2n) is 7.56. The van der Waals surface area contributed by atoms with Gasteiger partial charge in [-0.1, -0.05) is 37.3 Å². The molecule has 7 nitrogen and oxygen atoms in total. The molecule has 2 amide bonds. The van der Waals surface area contributed by atoms with Crippen LogP contribution in [0.3, 0.4) is 0 Å². The van der Waals surface area contributed by atoms with Gasteiger partial charge in [-0.05, 0) is 32.4 Å². The molecule has 3 rings (SSSR count). The van der Waals surface area contributed by atoms with Crippen molar-refractivity contribution < 1.29 is 9.59 Å². The van der Waals surface area contributed by atoms with E-state index in [1.54, 1.807) is 11.8 Å². The monoisotopic (exact) mass is 397 g/mol. The van der Waals surface area contributed by atoms with Crippen LogP contribution in [0.4, 0.5) is 5.82 Å². The highest BCUT2D eigenvalue weighted by molar-refractivity contribution is 6.00. The van der Waals surface area contributed by atoms with E-state index >= 15 is 0 Å². The molecular formula is C22H31N5O2. The van der Waals surface area contributed by atoms with Crippen molar-refractivity contribution in [3.05, 3.63) is 47.7 Å². The molecule has 0 spiro atoms. The molecule has 2 heterocycles. The Morgan fingerprint density at radius 3 is 2.79 bits per heavy atom. The molecule has 29 heavy (non-hydrogen) atoms. The number of benzene rings is 1. The van der Waals surface area contributed by atoms with E-state index in [9.17, 15) is 9.59 Å². The summed E-state index contributed by atoms with van der Waals surface area (Å²) in [6.45, 7) is 9.77. The SMILES string of the molecule is CCN(CCCNC(=O)[C@@H](C)N1C(=O)CCn2nc(C)cc21)Cc1ccccc1. The van der Waals surface area contributed by atoms with Crippen LogP contribution in [0.2, 0.25) is 0 Å². The minimum Gasteiger partial charge on any atom is -0.354 e. The molecule has 156 valence electrons. The Balaban J connectivity index is 1.48. The zero-order chi connectivity index (χ0) is 20.8. The number of nitrogens with zero attached hydrogens (tertiary/aromatic N) is 4. The minimum absolute atomic E-state index is 0.0277. The Kier molecular flexibility index (Phi) is 7.04. The summed E-state index contributed by atoms with van der Waals surface area (Å²) in [6.07, 6.45) is 1.24. The van der Waals surface area contributed by atoms with Gasteiger partial charge in [0, 0.05) is 32.1 Å². The van der Waals surface area contributed by atoms with Gasteiger partial charge < -0.3 is 5.32 Å². The number of nitrogens with one attached hydrogen (secondary N) is 1. The van der Waals surface area contributed by atoms with Gasteiger partial charge in [0.15, 0.2) is 0 Å². The molecule has 0 radical (unpaired) electrons. The number of aryl methyl sites for hydroxylation is 2. The molecule has 0 fully saturated rings. The van der Waals surface area contributed by atoms with Crippen LogP contribution in [0.15, 0.2) is 36.4 Å². The van der Waals surface area contributed by atoms with Gasteiger partial charge in [0.2, 0.25) is 11.8 Å². The molecule has 1 aliphatic rings. The van der Waals surface area contributed by atoms with E-state index < -0.39 is 6.04 Å². The summed E-state index contributed by atoms with van der Waals surface area (Å²) < 4.78 is 1.81. The number of hydrogen-bond donors (Lipinski definition) is 1. The van der Waals surface area contributed by atoms with Gasteiger partial charge in [-0.25, -0.2) is 4.68 Å². The van der Waals surface area contributed by atoms with Crippen molar-refractivity contribution in [3.63, 3.8) is 0 Å². The maximum atomic E-state index is 12.7. The molecule has 0 unspecified atom stereocenters. The van der Waals surface area contributed by atoms with Gasteiger partial charge >= 0.3 is 0 Å². The lowest BCUT2D eigenvalue weighted by molar-refractivity contribution is -0.126. The minimum atomic E-state index is -0.552. The van der Waals surface area contributed by atoms with Gasteiger partial charge in [0.05, 0.1) is 12.2 Å². The summed E-state index contributed by atoms with van der Waals surface area (Å²) >= 11 is 0. The number of fused-ring (bicyclic) bond motifs is 1. The number of carbonyl (C=O) groups excluding carboxylic acids is 2. The third-order valence-corrected chi connectivity index (χ3v) is 5.35. The lowest BCUT2D eigenvalue weighted by Crippen LogP contribution is -2.51. The largest absolute Gasteiger partial charge is 0.354 e. The van der Waals surface area contributed by atoms with Crippen molar-refractivity contribution in [1.29, 1.82) is 0 Å². The summed E-state index contributed by atoms with van der Waals surface area (Å²) in [5.74, 6) is 0.554. The Morgan fingerprint density at radius 1 is 1.31 bits per heavy atom. The predicted molar refractivity (Wildman–Crippen MR) is 114 cm³/mol. The first kappa shape index (κ1) is 21.0. The fourth-order valence-electron chi connectivity index (χ4n) is 3.72. The Hall–Kier alpha value is -2.67. The number of amides is 2. The molecule has 0 saturated carbocycles. The molecule has 1 aromatic heterocycles. The summed E-state index contributed by atoms with van der Waals surface area (Å²) in [4.78, 5) is 29.0. The van der Waals surface area contributed by atoms with Gasteiger partial charge in [-0.2, -0.15) is 5.10 Å². The van der Waals surface area contributed by atoms with E-state index in [1.165, 1.54) is 5.56 Å². The Labute approximate surface area is 172 Å². The molecule has 1 aromatic carbocycles. The first-order valence-electron chi connectivity index (χ1n) is 10.4. The van der Waals surface area contributed by atoms with Crippen molar-refractivity contribution >= 4 is 17.6 Å². The van der Waals surface area contributed by atoms with Gasteiger partial charge in [-0.3, -0.25) is 19.4 Å². The third kappa shape index (κ3) is 5.23. The number of rotatable bonds is 9. The zero-order valence-corrected chi connectivity index (χ0v) is 17.6. The van der Waals surface area contributed by atoms with E-state index in [-0.39, 0.29) is 11.8 Å². The highest BCUT2D eigenvalue weighted by Crippen LogP contribution is 2.24. The predicted octanol–water partition coefficient (Wildman–Crippen LogP) is 2.35. The van der Waals surface area contributed by atoms with Crippen LogP contribution in [0.25, 0.3) is 0 Å². The van der Waals surface area contributed by atoms with Crippen LogP contribution < -0.4 is 10.2 Å². The van der Waals surface area contributed by atoms with Crippen LogP contribution in [-0.2, 0) is 22.7 Å². The van der Waals surface area contributed by atoms with E-state index in [0.29, 0.717) is 25.3 Å². The average molecular weight is 398 g/mol. The van der Waals surface area contributed by atoms with Crippen LogP contribution in [-0.4, -0.2) is 52.2 Å². The number of anilines is 1. The number of hydrogen-bond acceptors (Lipinski definition) is 4. The smallest absolute Gasteiger partial charge is 0.242 e. The molecule has 1 N–H and O–H groups in total. The Bertz CT molecular complexity index is 833.